The number of rotatable bonds is 2. The minimum atomic E-state index is -0.232. The van der Waals surface area contributed by atoms with E-state index in [9.17, 15) is 4.79 Å². The topological polar surface area (TPSA) is 54.0 Å². The zero-order valence-corrected chi connectivity index (χ0v) is 11.6. The Labute approximate surface area is 119 Å². The first-order chi connectivity index (χ1) is 9.24. The van der Waals surface area contributed by atoms with Crippen LogP contribution in [0, 0.1) is 0 Å². The van der Waals surface area contributed by atoms with Crippen LogP contribution in [0.2, 0.25) is 0 Å². The maximum Gasteiger partial charge on any atom is 0.247 e. The highest BCUT2D eigenvalue weighted by molar-refractivity contribution is 9.10. The molecule has 1 amide bonds. The van der Waals surface area contributed by atoms with Crippen LogP contribution in [-0.2, 0) is 11.2 Å². The number of nitrogens with one attached hydrogen (secondary N) is 2. The number of hydrogen-bond acceptors (Lipinski definition) is 3. The minimum absolute atomic E-state index is 0.0510. The molecule has 0 bridgehead atoms. The van der Waals surface area contributed by atoms with E-state index in [1.165, 1.54) is 5.56 Å². The lowest BCUT2D eigenvalue weighted by molar-refractivity contribution is -0.116. The summed E-state index contributed by atoms with van der Waals surface area (Å²) in [5.74, 6) is -0.0510. The Morgan fingerprint density at radius 3 is 2.95 bits per heavy atom. The fourth-order valence-corrected chi connectivity index (χ4v) is 2.50. The van der Waals surface area contributed by atoms with Gasteiger partial charge in [0.1, 0.15) is 10.6 Å². The molecule has 0 radical (unpaired) electrons. The average Bonchev–Trinajstić information content (AvgIpc) is 2.85. The van der Waals surface area contributed by atoms with E-state index in [4.69, 9.17) is 0 Å². The number of halogens is 1. The number of pyridine rings is 1. The summed E-state index contributed by atoms with van der Waals surface area (Å²) in [5, 5.41) is 6.10. The largest absolute Gasteiger partial charge is 0.373 e. The first-order valence-electron chi connectivity index (χ1n) is 6.00. The number of carbonyl (C=O) groups excluding carboxylic acids is 1. The third-order valence-electron chi connectivity index (χ3n) is 3.10. The molecule has 4 nitrogen and oxygen atoms in total. The smallest absolute Gasteiger partial charge is 0.247 e. The number of aromatic nitrogens is 1. The molecule has 1 aliphatic rings. The Hall–Kier alpha value is -1.88. The fraction of sp³-hybridized carbons (Fsp3) is 0.143. The minimum Gasteiger partial charge on any atom is -0.373 e. The van der Waals surface area contributed by atoms with E-state index in [-0.39, 0.29) is 11.9 Å². The molecule has 3 rings (SSSR count). The molecule has 2 aromatic rings. The number of amides is 1. The summed E-state index contributed by atoms with van der Waals surface area (Å²) in [4.78, 5) is 16.3. The van der Waals surface area contributed by atoms with Gasteiger partial charge in [0.25, 0.3) is 0 Å². The lowest BCUT2D eigenvalue weighted by Gasteiger charge is -2.12. The van der Waals surface area contributed by atoms with Gasteiger partial charge in [0.15, 0.2) is 0 Å². The summed E-state index contributed by atoms with van der Waals surface area (Å²) >= 11 is 3.32. The van der Waals surface area contributed by atoms with Crippen LogP contribution in [0.1, 0.15) is 5.56 Å². The number of hydrogen-bond donors (Lipinski definition) is 2. The van der Waals surface area contributed by atoms with Crippen LogP contribution >= 0.6 is 15.9 Å². The molecule has 1 aromatic carbocycles. The Kier molecular flexibility index (Phi) is 3.21. The molecule has 0 saturated carbocycles. The third-order valence-corrected chi connectivity index (χ3v) is 3.74. The van der Waals surface area contributed by atoms with Crippen molar-refractivity contribution in [1.82, 2.24) is 4.98 Å². The van der Waals surface area contributed by atoms with Gasteiger partial charge in [-0.2, -0.15) is 0 Å². The van der Waals surface area contributed by atoms with Gasteiger partial charge < -0.3 is 10.6 Å². The standard InChI is InChI=1S/C14H12BrN3O/c15-13-11(6-3-7-16-13)18-14(19)12-8-9-4-1-2-5-10(9)17-12/h1-7,12,17H,8H2,(H,18,19)/t12-/m0/s1. The van der Waals surface area contributed by atoms with E-state index in [1.54, 1.807) is 12.3 Å². The fourth-order valence-electron chi connectivity index (χ4n) is 2.16. The van der Waals surface area contributed by atoms with Crippen molar-refractivity contribution in [3.63, 3.8) is 0 Å². The van der Waals surface area contributed by atoms with E-state index in [2.05, 4.69) is 31.5 Å². The number of carbonyl (C=O) groups is 1. The molecule has 0 aliphatic carbocycles. The highest BCUT2D eigenvalue weighted by Gasteiger charge is 2.26. The molecule has 2 N–H and O–H groups in total. The van der Waals surface area contributed by atoms with Gasteiger partial charge >= 0.3 is 0 Å². The summed E-state index contributed by atoms with van der Waals surface area (Å²) in [5.41, 5.74) is 2.89. The predicted molar refractivity (Wildman–Crippen MR) is 78.1 cm³/mol. The zero-order valence-electron chi connectivity index (χ0n) is 10.1. The summed E-state index contributed by atoms with van der Waals surface area (Å²) in [6.45, 7) is 0. The number of nitrogens with zero attached hydrogens (tertiary/aromatic N) is 1. The van der Waals surface area contributed by atoms with Gasteiger partial charge in [-0.25, -0.2) is 4.98 Å². The molecular formula is C14H12BrN3O. The van der Waals surface area contributed by atoms with Gasteiger partial charge in [-0.15, -0.1) is 0 Å². The van der Waals surface area contributed by atoms with E-state index in [1.807, 2.05) is 30.3 Å². The normalized spacial score (nSPS) is 16.6. The number of benzene rings is 1. The maximum atomic E-state index is 12.2. The Morgan fingerprint density at radius 2 is 2.16 bits per heavy atom. The number of fused-ring (bicyclic) bond motifs is 1. The van der Waals surface area contributed by atoms with Crippen LogP contribution in [0.3, 0.4) is 0 Å². The third kappa shape index (κ3) is 2.46. The van der Waals surface area contributed by atoms with Crippen molar-refractivity contribution in [2.45, 2.75) is 12.5 Å². The van der Waals surface area contributed by atoms with Gasteiger partial charge in [0, 0.05) is 18.3 Å². The summed E-state index contributed by atoms with van der Waals surface area (Å²) in [7, 11) is 0. The van der Waals surface area contributed by atoms with Crippen LogP contribution in [-0.4, -0.2) is 16.9 Å². The second-order valence-electron chi connectivity index (χ2n) is 4.39. The molecule has 2 heterocycles. The Morgan fingerprint density at radius 1 is 1.32 bits per heavy atom. The maximum absolute atomic E-state index is 12.2. The van der Waals surface area contributed by atoms with Crippen LogP contribution in [0.4, 0.5) is 11.4 Å². The van der Waals surface area contributed by atoms with Gasteiger partial charge in [0.2, 0.25) is 5.91 Å². The van der Waals surface area contributed by atoms with Crippen molar-refractivity contribution >= 4 is 33.2 Å². The van der Waals surface area contributed by atoms with Crippen LogP contribution < -0.4 is 10.6 Å². The van der Waals surface area contributed by atoms with Gasteiger partial charge in [0.05, 0.1) is 5.69 Å². The van der Waals surface area contributed by atoms with Crippen LogP contribution in [0.15, 0.2) is 47.2 Å². The first-order valence-corrected chi connectivity index (χ1v) is 6.79. The molecule has 1 aliphatic heterocycles. The molecular weight excluding hydrogens is 306 g/mol. The number of anilines is 2. The number of para-hydroxylation sites is 1. The van der Waals surface area contributed by atoms with E-state index in [0.29, 0.717) is 16.7 Å². The summed E-state index contributed by atoms with van der Waals surface area (Å²) in [6, 6.07) is 11.3. The molecule has 0 saturated heterocycles. The molecule has 5 heteroatoms. The zero-order chi connectivity index (χ0) is 13.2. The highest BCUT2D eigenvalue weighted by atomic mass is 79.9. The lowest BCUT2D eigenvalue weighted by Crippen LogP contribution is -2.32. The van der Waals surface area contributed by atoms with E-state index in [0.717, 1.165) is 5.69 Å². The van der Waals surface area contributed by atoms with Crippen molar-refractivity contribution in [2.24, 2.45) is 0 Å². The second kappa shape index (κ2) is 5.01. The van der Waals surface area contributed by atoms with Crippen molar-refractivity contribution in [3.8, 4) is 0 Å². The molecule has 96 valence electrons. The first kappa shape index (κ1) is 12.2. The summed E-state index contributed by atoms with van der Waals surface area (Å²) in [6.07, 6.45) is 2.38. The van der Waals surface area contributed by atoms with Gasteiger partial charge in [-0.05, 0) is 39.7 Å². The molecule has 0 fully saturated rings. The highest BCUT2D eigenvalue weighted by Crippen LogP contribution is 2.26. The molecule has 1 atom stereocenters. The van der Waals surface area contributed by atoms with Crippen molar-refractivity contribution in [2.75, 3.05) is 10.6 Å². The van der Waals surface area contributed by atoms with Gasteiger partial charge in [-0.3, -0.25) is 4.79 Å². The predicted octanol–water partition coefficient (Wildman–Crippen LogP) is 2.82. The average molecular weight is 318 g/mol. The van der Waals surface area contributed by atoms with Crippen LogP contribution in [0.5, 0.6) is 0 Å². The molecule has 1 aromatic heterocycles. The van der Waals surface area contributed by atoms with Crippen molar-refractivity contribution < 1.29 is 4.79 Å². The van der Waals surface area contributed by atoms with Crippen LogP contribution in [0.25, 0.3) is 0 Å². The second-order valence-corrected chi connectivity index (χ2v) is 5.14. The monoisotopic (exact) mass is 317 g/mol. The molecule has 0 unspecified atom stereocenters. The Bertz CT molecular complexity index is 605. The Balaban J connectivity index is 1.72. The van der Waals surface area contributed by atoms with E-state index < -0.39 is 0 Å². The van der Waals surface area contributed by atoms with E-state index >= 15 is 0 Å². The van der Waals surface area contributed by atoms with Crippen molar-refractivity contribution in [1.29, 1.82) is 0 Å². The molecule has 19 heavy (non-hydrogen) atoms. The molecule has 0 spiro atoms. The quantitative estimate of drug-likeness (QED) is 0.837. The lowest BCUT2D eigenvalue weighted by atomic mass is 10.1. The summed E-state index contributed by atoms with van der Waals surface area (Å²) < 4.78 is 0.638. The SMILES string of the molecule is O=C(Nc1cccnc1Br)[C@@H]1Cc2ccccc2N1. The van der Waals surface area contributed by atoms with Gasteiger partial charge in [-0.1, -0.05) is 18.2 Å². The van der Waals surface area contributed by atoms with Crippen molar-refractivity contribution in [3.05, 3.63) is 52.8 Å².